The van der Waals surface area contributed by atoms with Crippen molar-refractivity contribution < 1.29 is 57.2 Å². The summed E-state index contributed by atoms with van der Waals surface area (Å²) in [5.41, 5.74) is 1.52. The quantitative estimate of drug-likeness (QED) is 0.0659. The van der Waals surface area contributed by atoms with Crippen molar-refractivity contribution in [1.82, 2.24) is 4.98 Å². The van der Waals surface area contributed by atoms with Gasteiger partial charge in [-0.05, 0) is 131 Å². The lowest BCUT2D eigenvalue weighted by molar-refractivity contribution is -0.145. The standard InChI is InChI=1S/C41H39NO9S2.C4H6O2.C4H6O/c1-24-5-15-30(16-6-24)48-38(43)25-9-13-28(14-10-25)41(46)51-33-22-21-32(35-36(33)53-37(42-35)34-4-3-23-52-34)50-40(45)27-11-7-26(8-12-27)39(44)49-31-19-17-29(47-2)18-20-31;1-3-4(5)6-2;1-3-4(2)5/h3-6,15-23,25-28H,7-14H2,1-2H3;3H,1H2,2H3;3H,1H2,2H3. The second-order valence-corrected chi connectivity index (χ2v) is 17.0. The highest BCUT2D eigenvalue weighted by Gasteiger charge is 2.34. The van der Waals surface area contributed by atoms with Crippen LogP contribution < -0.4 is 23.7 Å². The molecule has 2 aliphatic carbocycles. The van der Waals surface area contributed by atoms with E-state index in [1.807, 2.05) is 36.6 Å². The van der Waals surface area contributed by atoms with Crippen molar-refractivity contribution in [2.45, 2.75) is 65.2 Å². The number of esters is 5. The number of ether oxygens (including phenoxy) is 6. The Balaban J connectivity index is 0.000000625. The van der Waals surface area contributed by atoms with Gasteiger partial charge in [0, 0.05) is 6.08 Å². The normalized spacial score (nSPS) is 17.7. The lowest BCUT2D eigenvalue weighted by Gasteiger charge is -2.26. The summed E-state index contributed by atoms with van der Waals surface area (Å²) in [5, 5.41) is 2.68. The van der Waals surface area contributed by atoms with Crippen molar-refractivity contribution in [3.05, 3.63) is 109 Å². The highest BCUT2D eigenvalue weighted by molar-refractivity contribution is 7.25. The molecule has 0 amide bonds. The molecule has 15 heteroatoms. The number of hydrogen-bond acceptors (Lipinski definition) is 15. The Kier molecular flexibility index (Phi) is 18.1. The number of fused-ring (bicyclic) bond motifs is 1. The van der Waals surface area contributed by atoms with E-state index >= 15 is 0 Å². The number of thiazole rings is 1. The van der Waals surface area contributed by atoms with Crippen molar-refractivity contribution in [3.63, 3.8) is 0 Å². The first kappa shape index (κ1) is 48.6. The van der Waals surface area contributed by atoms with Crippen LogP contribution in [-0.4, -0.2) is 54.8 Å². The van der Waals surface area contributed by atoms with Crippen LogP contribution in [0.25, 0.3) is 20.1 Å². The maximum absolute atomic E-state index is 13.4. The molecule has 13 nitrogen and oxygen atoms in total. The molecule has 2 fully saturated rings. The largest absolute Gasteiger partial charge is 0.497 e. The molecule has 0 unspecified atom stereocenters. The summed E-state index contributed by atoms with van der Waals surface area (Å²) in [5.74, 6) is -0.778. The fraction of sp³-hybridized carbons (Fsp3) is 0.327. The minimum atomic E-state index is -0.394. The number of hydrogen-bond donors (Lipinski definition) is 0. The first-order chi connectivity index (χ1) is 30.8. The van der Waals surface area contributed by atoms with Gasteiger partial charge < -0.3 is 28.4 Å². The van der Waals surface area contributed by atoms with Crippen LogP contribution in [0.5, 0.6) is 28.7 Å². The van der Waals surface area contributed by atoms with Gasteiger partial charge in [0.15, 0.2) is 17.3 Å². The summed E-state index contributed by atoms with van der Waals surface area (Å²) in [6, 6.07) is 21.4. The molecule has 0 saturated heterocycles. The van der Waals surface area contributed by atoms with Gasteiger partial charge in [-0.15, -0.1) is 22.7 Å². The van der Waals surface area contributed by atoms with Gasteiger partial charge in [0.05, 0.1) is 42.8 Å². The zero-order chi connectivity index (χ0) is 46.2. The number of aromatic nitrogens is 1. The number of thiophene rings is 1. The minimum absolute atomic E-state index is 0.0185. The smallest absolute Gasteiger partial charge is 0.329 e. The highest BCUT2D eigenvalue weighted by atomic mass is 32.1. The van der Waals surface area contributed by atoms with Crippen LogP contribution in [0.2, 0.25) is 0 Å². The number of ketones is 1. The molecule has 0 aliphatic heterocycles. The molecule has 0 N–H and O–H groups in total. The molecule has 64 heavy (non-hydrogen) atoms. The zero-order valence-electron chi connectivity index (χ0n) is 36.2. The monoisotopic (exact) mass is 909 g/mol. The van der Waals surface area contributed by atoms with Crippen LogP contribution in [0, 0.1) is 30.6 Å². The third kappa shape index (κ3) is 13.8. The van der Waals surface area contributed by atoms with Crippen molar-refractivity contribution >= 4 is 68.5 Å². The van der Waals surface area contributed by atoms with Gasteiger partial charge in [0.1, 0.15) is 32.5 Å². The molecule has 2 heterocycles. The van der Waals surface area contributed by atoms with Gasteiger partial charge in [-0.3, -0.25) is 24.0 Å². The molecule has 336 valence electrons. The second-order valence-electron chi connectivity index (χ2n) is 15.0. The second kappa shape index (κ2) is 23.8. The summed E-state index contributed by atoms with van der Waals surface area (Å²) in [6.45, 7) is 9.80. The zero-order valence-corrected chi connectivity index (χ0v) is 37.8. The van der Waals surface area contributed by atoms with E-state index in [0.717, 1.165) is 21.5 Å². The Hall–Kier alpha value is -6.45. The van der Waals surface area contributed by atoms with Crippen molar-refractivity contribution in [2.75, 3.05) is 14.2 Å². The molecule has 2 saturated carbocycles. The fourth-order valence-corrected chi connectivity index (χ4v) is 8.70. The van der Waals surface area contributed by atoms with Crippen LogP contribution in [0.3, 0.4) is 0 Å². The SMILES string of the molecule is C=CC(=O)OC.C=CC(C)=O.COc1ccc(OC(=O)C2CCC(C(=O)Oc3ccc(OC(=O)C4CCC(C(=O)Oc5ccc(C)cc5)CC4)c4sc(-c5cccs5)nc34)CC2)cc1. The number of nitrogens with zero attached hydrogens (tertiary/aromatic N) is 1. The van der Waals surface area contributed by atoms with E-state index in [2.05, 4.69) is 17.9 Å². The lowest BCUT2D eigenvalue weighted by atomic mass is 9.82. The van der Waals surface area contributed by atoms with E-state index in [1.54, 1.807) is 55.6 Å². The maximum atomic E-state index is 13.4. The predicted octanol–water partition coefficient (Wildman–Crippen LogP) is 10.1. The topological polar surface area (TPSA) is 171 Å². The third-order valence-electron chi connectivity index (χ3n) is 10.6. The molecule has 2 aliphatic rings. The number of rotatable bonds is 12. The Morgan fingerprint density at radius 1 is 0.609 bits per heavy atom. The summed E-state index contributed by atoms with van der Waals surface area (Å²) in [4.78, 5) is 77.8. The van der Waals surface area contributed by atoms with E-state index < -0.39 is 5.97 Å². The summed E-state index contributed by atoms with van der Waals surface area (Å²) >= 11 is 2.91. The van der Waals surface area contributed by atoms with Crippen LogP contribution in [0.4, 0.5) is 0 Å². The molecule has 0 spiro atoms. The lowest BCUT2D eigenvalue weighted by Crippen LogP contribution is -2.30. The Morgan fingerprint density at radius 2 is 1.05 bits per heavy atom. The molecule has 7 rings (SSSR count). The fourth-order valence-electron chi connectivity index (χ4n) is 6.87. The molecule has 2 aromatic heterocycles. The third-order valence-corrected chi connectivity index (χ3v) is 12.7. The number of carbonyl (C=O) groups excluding carboxylic acids is 6. The van der Waals surface area contributed by atoms with Crippen LogP contribution in [-0.2, 0) is 33.5 Å². The van der Waals surface area contributed by atoms with Crippen LogP contribution in [0.15, 0.2) is 103 Å². The number of aryl methyl sites for hydroxylation is 1. The molecular weight excluding hydrogens is 859 g/mol. The van der Waals surface area contributed by atoms with Gasteiger partial charge in [0.25, 0.3) is 0 Å². The highest BCUT2D eigenvalue weighted by Crippen LogP contribution is 2.43. The molecule has 0 atom stereocenters. The number of allylic oxidation sites excluding steroid dienone is 1. The van der Waals surface area contributed by atoms with E-state index in [4.69, 9.17) is 28.7 Å². The number of methoxy groups -OCH3 is 2. The predicted molar refractivity (Wildman–Crippen MR) is 244 cm³/mol. The summed E-state index contributed by atoms with van der Waals surface area (Å²) in [6.07, 6.45) is 6.47. The molecule has 5 aromatic rings. The minimum Gasteiger partial charge on any atom is -0.497 e. The maximum Gasteiger partial charge on any atom is 0.329 e. The average Bonchev–Trinajstić information content (AvgIpc) is 4.03. The first-order valence-electron chi connectivity index (χ1n) is 20.7. The Morgan fingerprint density at radius 3 is 1.45 bits per heavy atom. The van der Waals surface area contributed by atoms with Crippen molar-refractivity contribution in [1.29, 1.82) is 0 Å². The van der Waals surface area contributed by atoms with E-state index in [1.165, 1.54) is 42.8 Å². The van der Waals surface area contributed by atoms with E-state index in [-0.39, 0.29) is 59.1 Å². The van der Waals surface area contributed by atoms with Crippen molar-refractivity contribution in [3.8, 4) is 38.6 Å². The number of benzene rings is 3. The van der Waals surface area contributed by atoms with Gasteiger partial charge in [-0.2, -0.15) is 0 Å². The van der Waals surface area contributed by atoms with Crippen LogP contribution in [0.1, 0.15) is 63.9 Å². The molecule has 3 aromatic carbocycles. The molecule has 0 bridgehead atoms. The Bertz CT molecular complexity index is 2410. The molecule has 0 radical (unpaired) electrons. The van der Waals surface area contributed by atoms with E-state index in [0.29, 0.717) is 84.6 Å². The van der Waals surface area contributed by atoms with Gasteiger partial charge >= 0.3 is 29.8 Å². The van der Waals surface area contributed by atoms with Crippen molar-refractivity contribution in [2.24, 2.45) is 23.7 Å². The van der Waals surface area contributed by atoms with Gasteiger partial charge in [-0.25, -0.2) is 9.78 Å². The van der Waals surface area contributed by atoms with Gasteiger partial charge in [0.2, 0.25) is 0 Å². The number of carbonyl (C=O) groups is 6. The summed E-state index contributed by atoms with van der Waals surface area (Å²) in [7, 11) is 2.88. The van der Waals surface area contributed by atoms with Crippen LogP contribution >= 0.6 is 22.7 Å². The average molecular weight is 910 g/mol. The summed E-state index contributed by atoms with van der Waals surface area (Å²) < 4.78 is 33.0. The van der Waals surface area contributed by atoms with Gasteiger partial charge in [-0.1, -0.05) is 36.9 Å². The molecular formula is C49H51NO12S2. The Labute approximate surface area is 380 Å². The van der Waals surface area contributed by atoms with E-state index in [9.17, 15) is 28.8 Å². The first-order valence-corrected chi connectivity index (χ1v) is 22.4.